The zero-order valence-corrected chi connectivity index (χ0v) is 8.79. The van der Waals surface area contributed by atoms with Crippen LogP contribution in [0.3, 0.4) is 0 Å². The van der Waals surface area contributed by atoms with E-state index in [4.69, 9.17) is 5.73 Å². The van der Waals surface area contributed by atoms with Crippen molar-refractivity contribution in [3.8, 4) is 0 Å². The Morgan fingerprint density at radius 3 is 2.29 bits per heavy atom. The van der Waals surface area contributed by atoms with Crippen LogP contribution in [0.2, 0.25) is 0 Å². The van der Waals surface area contributed by atoms with Crippen LogP contribution >= 0.6 is 0 Å². The number of nitrogen functional groups attached to an aromatic ring is 1. The molecule has 1 aromatic rings. The Morgan fingerprint density at radius 2 is 1.86 bits per heavy atom. The van der Waals surface area contributed by atoms with Crippen LogP contribution in [0.5, 0.6) is 0 Å². The van der Waals surface area contributed by atoms with Crippen molar-refractivity contribution in [1.29, 1.82) is 0 Å². The second-order valence-corrected chi connectivity index (χ2v) is 4.31. The molecule has 0 saturated carbocycles. The van der Waals surface area contributed by atoms with Crippen molar-refractivity contribution in [1.82, 2.24) is 0 Å². The number of hydrogen-bond donors (Lipinski definition) is 2. The van der Waals surface area contributed by atoms with Crippen LogP contribution in [0.15, 0.2) is 24.3 Å². The maximum atomic E-state index is 10.9. The molecule has 3 nitrogen and oxygen atoms in total. The summed E-state index contributed by atoms with van der Waals surface area (Å²) in [6, 6.07) is 7.36. The SMILES string of the molecule is CC(C)(C)C(=[NH+][O-])c1ccccc1N. The van der Waals surface area contributed by atoms with Gasteiger partial charge in [0.2, 0.25) is 0 Å². The minimum atomic E-state index is -0.225. The van der Waals surface area contributed by atoms with Crippen molar-refractivity contribution in [2.75, 3.05) is 5.73 Å². The summed E-state index contributed by atoms with van der Waals surface area (Å²) in [7, 11) is 0. The third-order valence-corrected chi connectivity index (χ3v) is 2.08. The van der Waals surface area contributed by atoms with Gasteiger partial charge in [-0.05, 0) is 12.1 Å². The summed E-state index contributed by atoms with van der Waals surface area (Å²) in [5.41, 5.74) is 7.60. The van der Waals surface area contributed by atoms with Crippen molar-refractivity contribution in [3.63, 3.8) is 0 Å². The van der Waals surface area contributed by atoms with E-state index in [1.807, 2.05) is 44.1 Å². The predicted molar refractivity (Wildman–Crippen MR) is 58.7 cm³/mol. The molecule has 0 amide bonds. The molecular weight excluding hydrogens is 176 g/mol. The molecule has 0 bridgehead atoms. The topological polar surface area (TPSA) is 63.0 Å². The third kappa shape index (κ3) is 2.05. The fraction of sp³-hybridized carbons (Fsp3) is 0.364. The lowest BCUT2D eigenvalue weighted by Gasteiger charge is -2.18. The van der Waals surface area contributed by atoms with Crippen molar-refractivity contribution >= 4 is 11.4 Å². The molecule has 3 N–H and O–H groups in total. The number of benzene rings is 1. The summed E-state index contributed by atoms with van der Waals surface area (Å²) in [5, 5.41) is 12.9. The van der Waals surface area contributed by atoms with E-state index in [0.717, 1.165) is 5.56 Å². The number of nitrogens with two attached hydrogens (primary N) is 1. The van der Waals surface area contributed by atoms with Gasteiger partial charge in [-0.2, -0.15) is 0 Å². The van der Waals surface area contributed by atoms with Gasteiger partial charge in [0.25, 0.3) is 0 Å². The first-order valence-electron chi connectivity index (χ1n) is 4.57. The lowest BCUT2D eigenvalue weighted by molar-refractivity contribution is -0.377. The Hall–Kier alpha value is -1.51. The Balaban J connectivity index is 3.23. The minimum Gasteiger partial charge on any atom is -0.625 e. The van der Waals surface area contributed by atoms with Gasteiger partial charge in [0.1, 0.15) is 0 Å². The molecular formula is C11H16N2O. The van der Waals surface area contributed by atoms with Crippen LogP contribution in [-0.2, 0) is 0 Å². The van der Waals surface area contributed by atoms with E-state index in [1.165, 1.54) is 0 Å². The van der Waals surface area contributed by atoms with Crippen LogP contribution in [-0.4, -0.2) is 5.71 Å². The van der Waals surface area contributed by atoms with Gasteiger partial charge in [-0.25, -0.2) is 5.16 Å². The molecule has 14 heavy (non-hydrogen) atoms. The Labute approximate surface area is 84.2 Å². The summed E-state index contributed by atoms with van der Waals surface area (Å²) in [4.78, 5) is 0. The van der Waals surface area contributed by atoms with Gasteiger partial charge >= 0.3 is 0 Å². The Kier molecular flexibility index (Phi) is 2.79. The van der Waals surface area contributed by atoms with Gasteiger partial charge in [-0.3, -0.25) is 0 Å². The molecule has 0 spiro atoms. The molecule has 0 fully saturated rings. The molecule has 0 aromatic heterocycles. The first kappa shape index (κ1) is 10.6. The van der Waals surface area contributed by atoms with Crippen molar-refractivity contribution < 1.29 is 5.16 Å². The molecule has 0 aliphatic rings. The maximum Gasteiger partial charge on any atom is 0.199 e. The standard InChI is InChI=1S/C11H16N2O/c1-11(2,3)10(13-14)8-6-4-5-7-9(8)12/h4-7,13H,12H2,1-3H3. The summed E-state index contributed by atoms with van der Waals surface area (Å²) in [6.07, 6.45) is 0. The fourth-order valence-corrected chi connectivity index (χ4v) is 1.34. The summed E-state index contributed by atoms with van der Waals surface area (Å²) in [5.74, 6) is 0. The average Bonchev–Trinajstić information content (AvgIpc) is 2.07. The van der Waals surface area contributed by atoms with Gasteiger partial charge in [-0.1, -0.05) is 32.9 Å². The molecule has 0 aliphatic carbocycles. The van der Waals surface area contributed by atoms with Crippen LogP contribution in [0.25, 0.3) is 0 Å². The molecule has 0 heterocycles. The monoisotopic (exact) mass is 192 g/mol. The second-order valence-electron chi connectivity index (χ2n) is 4.31. The molecule has 0 atom stereocenters. The van der Waals surface area contributed by atoms with E-state index in [-0.39, 0.29) is 5.41 Å². The molecule has 76 valence electrons. The quantitative estimate of drug-likeness (QED) is 0.297. The predicted octanol–water partition coefficient (Wildman–Crippen LogP) is 0.682. The second kappa shape index (κ2) is 3.70. The minimum absolute atomic E-state index is 0.225. The number of hydrogen-bond acceptors (Lipinski definition) is 2. The molecule has 1 aromatic carbocycles. The zero-order chi connectivity index (χ0) is 10.8. The Bertz CT molecular complexity index is 351. The first-order valence-corrected chi connectivity index (χ1v) is 4.57. The Morgan fingerprint density at radius 1 is 1.29 bits per heavy atom. The van der Waals surface area contributed by atoms with Crippen molar-refractivity contribution in [3.05, 3.63) is 35.0 Å². The largest absolute Gasteiger partial charge is 0.625 e. The van der Waals surface area contributed by atoms with Crippen LogP contribution < -0.4 is 10.9 Å². The molecule has 0 saturated heterocycles. The lowest BCUT2D eigenvalue weighted by Crippen LogP contribution is -2.69. The van der Waals surface area contributed by atoms with E-state index in [0.29, 0.717) is 11.4 Å². The van der Waals surface area contributed by atoms with E-state index in [2.05, 4.69) is 0 Å². The third-order valence-electron chi connectivity index (χ3n) is 2.08. The summed E-state index contributed by atoms with van der Waals surface area (Å²) < 4.78 is 0. The molecule has 3 heteroatoms. The highest BCUT2D eigenvalue weighted by atomic mass is 16.4. The van der Waals surface area contributed by atoms with Crippen LogP contribution in [0.4, 0.5) is 5.69 Å². The highest BCUT2D eigenvalue weighted by molar-refractivity contribution is 6.03. The summed E-state index contributed by atoms with van der Waals surface area (Å²) in [6.45, 7) is 5.92. The number of rotatable bonds is 1. The number of para-hydroxylation sites is 1. The number of nitrogens with one attached hydrogen (secondary N) is 1. The van der Waals surface area contributed by atoms with E-state index >= 15 is 0 Å². The maximum absolute atomic E-state index is 10.9. The molecule has 0 aliphatic heterocycles. The van der Waals surface area contributed by atoms with E-state index < -0.39 is 0 Å². The van der Waals surface area contributed by atoms with Gasteiger partial charge in [0.15, 0.2) is 5.71 Å². The van der Waals surface area contributed by atoms with E-state index in [9.17, 15) is 5.21 Å². The zero-order valence-electron chi connectivity index (χ0n) is 8.79. The number of anilines is 1. The first-order chi connectivity index (χ1) is 6.46. The lowest BCUT2D eigenvalue weighted by atomic mass is 9.85. The molecule has 1 rings (SSSR count). The van der Waals surface area contributed by atoms with Crippen molar-refractivity contribution in [2.24, 2.45) is 5.41 Å². The van der Waals surface area contributed by atoms with E-state index in [1.54, 1.807) is 6.07 Å². The van der Waals surface area contributed by atoms with Gasteiger partial charge in [-0.15, -0.1) is 0 Å². The fourth-order valence-electron chi connectivity index (χ4n) is 1.34. The highest BCUT2D eigenvalue weighted by Gasteiger charge is 2.26. The van der Waals surface area contributed by atoms with Crippen LogP contribution in [0, 0.1) is 10.6 Å². The van der Waals surface area contributed by atoms with Crippen LogP contribution in [0.1, 0.15) is 26.3 Å². The molecule has 0 unspecified atom stereocenters. The molecule has 0 radical (unpaired) electrons. The normalized spacial score (nSPS) is 12.9. The van der Waals surface area contributed by atoms with Crippen molar-refractivity contribution in [2.45, 2.75) is 20.8 Å². The van der Waals surface area contributed by atoms with Gasteiger partial charge in [0.05, 0.1) is 5.56 Å². The van der Waals surface area contributed by atoms with Gasteiger partial charge < -0.3 is 10.9 Å². The highest BCUT2D eigenvalue weighted by Crippen LogP contribution is 2.22. The summed E-state index contributed by atoms with van der Waals surface area (Å²) >= 11 is 0. The van der Waals surface area contributed by atoms with Gasteiger partial charge in [0, 0.05) is 11.1 Å². The average molecular weight is 192 g/mol. The smallest absolute Gasteiger partial charge is 0.199 e.